The summed E-state index contributed by atoms with van der Waals surface area (Å²) in [4.78, 5) is 56.1. The van der Waals surface area contributed by atoms with Gasteiger partial charge < -0.3 is 18.9 Å². The van der Waals surface area contributed by atoms with Gasteiger partial charge in [0.05, 0.1) is 19.7 Å². The summed E-state index contributed by atoms with van der Waals surface area (Å²) in [5.74, 6) is -0.752. The Bertz CT molecular complexity index is 1120. The Kier molecular flexibility index (Phi) is 12.3. The molecule has 0 saturated carbocycles. The van der Waals surface area contributed by atoms with Crippen LogP contribution in [0.5, 0.6) is 11.8 Å². The number of nitro groups is 4. The van der Waals surface area contributed by atoms with Crippen LogP contribution in [-0.4, -0.2) is 68.7 Å². The van der Waals surface area contributed by atoms with E-state index >= 15 is 0 Å². The van der Waals surface area contributed by atoms with Crippen LogP contribution in [0.25, 0.3) is 0 Å². The van der Waals surface area contributed by atoms with Crippen molar-refractivity contribution in [1.82, 2.24) is 9.97 Å². The fourth-order valence-electron chi connectivity index (χ4n) is 2.32. The molecule has 0 unspecified atom stereocenters. The molecule has 0 saturated heterocycles. The third kappa shape index (κ3) is 9.70. The standard InChI is InChI=1S/C11H15N3O7.C7H5N3O6/c1-3-19-10(20-4-2)7-21-11-9(14(17)18)5-8(6-12-11)13(15)16;11-1-2-16-7-6(10(14)15)3-5(4-8-7)9(12)13/h5-6,10H,3-4,7H2,1-2H3;1,3-4H,2H2. The van der Waals surface area contributed by atoms with Crippen molar-refractivity contribution < 1.29 is 43.4 Å². The number of aromatic nitrogens is 2. The Morgan fingerprint density at radius 2 is 1.22 bits per heavy atom. The van der Waals surface area contributed by atoms with Crippen molar-refractivity contribution in [2.75, 3.05) is 26.4 Å². The first kappa shape index (κ1) is 30.1. The summed E-state index contributed by atoms with van der Waals surface area (Å²) in [5, 5.41) is 42.4. The number of hydrogen-bond donors (Lipinski definition) is 0. The van der Waals surface area contributed by atoms with E-state index in [0.29, 0.717) is 25.6 Å². The molecular formula is C18H20N6O13. The fraction of sp³-hybridized carbons (Fsp3) is 0.389. The lowest BCUT2D eigenvalue weighted by atomic mass is 10.3. The Labute approximate surface area is 206 Å². The first-order chi connectivity index (χ1) is 17.5. The predicted molar refractivity (Wildman–Crippen MR) is 119 cm³/mol. The number of nitrogens with zero attached hydrogens (tertiary/aromatic N) is 6. The van der Waals surface area contributed by atoms with Crippen LogP contribution in [-0.2, 0) is 14.3 Å². The van der Waals surface area contributed by atoms with Gasteiger partial charge >= 0.3 is 11.4 Å². The summed E-state index contributed by atoms with van der Waals surface area (Å²) in [6, 6.07) is 1.51. The highest BCUT2D eigenvalue weighted by atomic mass is 16.7. The molecule has 0 atom stereocenters. The van der Waals surface area contributed by atoms with Crippen LogP contribution in [0.15, 0.2) is 24.5 Å². The monoisotopic (exact) mass is 528 g/mol. The van der Waals surface area contributed by atoms with Crippen LogP contribution in [0.2, 0.25) is 0 Å². The molecule has 0 aliphatic rings. The summed E-state index contributed by atoms with van der Waals surface area (Å²) < 4.78 is 20.2. The van der Waals surface area contributed by atoms with E-state index in [4.69, 9.17) is 14.2 Å². The molecule has 19 heteroatoms. The molecule has 0 spiro atoms. The molecule has 19 nitrogen and oxygen atoms in total. The number of rotatable bonds is 14. The molecular weight excluding hydrogens is 508 g/mol. The van der Waals surface area contributed by atoms with Crippen LogP contribution in [0.4, 0.5) is 22.7 Å². The predicted octanol–water partition coefficient (Wildman–Crippen LogP) is 2.15. The van der Waals surface area contributed by atoms with Gasteiger partial charge in [-0.1, -0.05) is 0 Å². The van der Waals surface area contributed by atoms with Gasteiger partial charge in [-0.05, 0) is 13.8 Å². The molecule has 0 aliphatic carbocycles. The number of carbonyl (C=O) groups excluding carboxylic acids is 1. The van der Waals surface area contributed by atoms with E-state index in [2.05, 4.69) is 14.7 Å². The van der Waals surface area contributed by atoms with Crippen molar-refractivity contribution >= 4 is 29.0 Å². The highest BCUT2D eigenvalue weighted by Gasteiger charge is 2.24. The lowest BCUT2D eigenvalue weighted by molar-refractivity contribution is -0.395. The van der Waals surface area contributed by atoms with E-state index in [-0.39, 0.29) is 12.5 Å². The third-order valence-corrected chi connectivity index (χ3v) is 3.80. The van der Waals surface area contributed by atoms with Crippen LogP contribution >= 0.6 is 0 Å². The maximum Gasteiger partial charge on any atom is 0.337 e. The number of hydrogen-bond acceptors (Lipinski definition) is 15. The molecule has 0 N–H and O–H groups in total. The van der Waals surface area contributed by atoms with Gasteiger partial charge in [0.15, 0.2) is 12.6 Å². The highest BCUT2D eigenvalue weighted by molar-refractivity contribution is 5.53. The van der Waals surface area contributed by atoms with Gasteiger partial charge in [0, 0.05) is 13.2 Å². The Morgan fingerprint density at radius 3 is 1.57 bits per heavy atom. The maximum atomic E-state index is 10.9. The minimum absolute atomic E-state index is 0.118. The van der Waals surface area contributed by atoms with Crippen molar-refractivity contribution in [3.8, 4) is 11.8 Å². The molecule has 0 aromatic carbocycles. The average Bonchev–Trinajstić information content (AvgIpc) is 2.86. The van der Waals surface area contributed by atoms with Crippen LogP contribution in [0.1, 0.15) is 13.8 Å². The van der Waals surface area contributed by atoms with E-state index in [0.717, 1.165) is 18.5 Å². The Hall–Kier alpha value is -4.91. The third-order valence-electron chi connectivity index (χ3n) is 3.80. The molecule has 200 valence electrons. The first-order valence-electron chi connectivity index (χ1n) is 10.1. The van der Waals surface area contributed by atoms with Crippen molar-refractivity contribution in [1.29, 1.82) is 0 Å². The summed E-state index contributed by atoms with van der Waals surface area (Å²) >= 11 is 0. The minimum atomic E-state index is -0.875. The van der Waals surface area contributed by atoms with Gasteiger partial charge in [0.2, 0.25) is 0 Å². The van der Waals surface area contributed by atoms with E-state index < -0.39 is 61.2 Å². The largest absolute Gasteiger partial charge is 0.467 e. The van der Waals surface area contributed by atoms with Crippen molar-refractivity contribution in [2.24, 2.45) is 0 Å². The lowest BCUT2D eigenvalue weighted by Crippen LogP contribution is -2.25. The molecule has 2 aromatic heterocycles. The zero-order chi connectivity index (χ0) is 28.0. The molecule has 0 aliphatic heterocycles. The Balaban J connectivity index is 0.000000384. The normalized spacial score (nSPS) is 10.1. The summed E-state index contributed by atoms with van der Waals surface area (Å²) in [5.41, 5.74) is -2.25. The summed E-state index contributed by atoms with van der Waals surface area (Å²) in [6.45, 7) is 3.75. The van der Waals surface area contributed by atoms with Gasteiger partial charge in [-0.2, -0.15) is 0 Å². The SMILES string of the molecule is CCOC(COc1ncc([N+](=O)[O-])cc1[N+](=O)[O-])OCC.O=CCOc1ncc([N+](=O)[O-])cc1[N+](=O)[O-]. The van der Waals surface area contributed by atoms with Crippen molar-refractivity contribution in [2.45, 2.75) is 20.1 Å². The number of aldehydes is 1. The van der Waals surface area contributed by atoms with Crippen molar-refractivity contribution in [3.63, 3.8) is 0 Å². The second-order valence-corrected chi connectivity index (χ2v) is 6.19. The number of carbonyl (C=O) groups is 1. The van der Waals surface area contributed by atoms with Gasteiger partial charge in [0.25, 0.3) is 23.1 Å². The Morgan fingerprint density at radius 1 is 0.784 bits per heavy atom. The van der Waals surface area contributed by atoms with Crippen LogP contribution in [0.3, 0.4) is 0 Å². The lowest BCUT2D eigenvalue weighted by Gasteiger charge is -2.16. The number of pyridine rings is 2. The number of ether oxygens (including phenoxy) is 4. The zero-order valence-corrected chi connectivity index (χ0v) is 19.3. The zero-order valence-electron chi connectivity index (χ0n) is 19.3. The van der Waals surface area contributed by atoms with Gasteiger partial charge in [-0.25, -0.2) is 9.97 Å². The van der Waals surface area contributed by atoms with E-state index in [1.54, 1.807) is 13.8 Å². The molecule has 2 aromatic rings. The maximum absolute atomic E-state index is 10.9. The summed E-state index contributed by atoms with van der Waals surface area (Å²) in [6.07, 6.45) is 1.38. The summed E-state index contributed by atoms with van der Waals surface area (Å²) in [7, 11) is 0. The molecule has 37 heavy (non-hydrogen) atoms. The van der Waals surface area contributed by atoms with Crippen LogP contribution in [0, 0.1) is 40.5 Å². The van der Waals surface area contributed by atoms with Gasteiger partial charge in [-0.3, -0.25) is 45.3 Å². The average molecular weight is 528 g/mol. The molecule has 2 rings (SSSR count). The highest BCUT2D eigenvalue weighted by Crippen LogP contribution is 2.29. The quantitative estimate of drug-likeness (QED) is 0.147. The molecule has 2 heterocycles. The molecule has 0 fully saturated rings. The van der Waals surface area contributed by atoms with E-state index in [1.807, 2.05) is 0 Å². The molecule has 0 amide bonds. The molecule has 0 radical (unpaired) electrons. The second kappa shape index (κ2) is 15.2. The fourth-order valence-corrected chi connectivity index (χ4v) is 2.32. The van der Waals surface area contributed by atoms with Gasteiger partial charge in [-0.15, -0.1) is 0 Å². The minimum Gasteiger partial charge on any atom is -0.467 e. The second-order valence-electron chi connectivity index (χ2n) is 6.19. The topological polar surface area (TPSA) is 252 Å². The first-order valence-corrected chi connectivity index (χ1v) is 10.1. The smallest absolute Gasteiger partial charge is 0.337 e. The van der Waals surface area contributed by atoms with Gasteiger partial charge in [0.1, 0.15) is 37.7 Å². The van der Waals surface area contributed by atoms with Crippen LogP contribution < -0.4 is 9.47 Å². The van der Waals surface area contributed by atoms with Crippen molar-refractivity contribution in [3.05, 3.63) is 65.0 Å². The molecule has 0 bridgehead atoms. The van der Waals surface area contributed by atoms with E-state index in [1.165, 1.54) is 0 Å². The van der Waals surface area contributed by atoms with E-state index in [9.17, 15) is 45.3 Å².